The highest BCUT2D eigenvalue weighted by Crippen LogP contribution is 2.41. The molecule has 0 saturated carbocycles. The lowest BCUT2D eigenvalue weighted by molar-refractivity contribution is -0.114. The zero-order valence-corrected chi connectivity index (χ0v) is 22.1. The second-order valence-corrected chi connectivity index (χ2v) is 9.95. The van der Waals surface area contributed by atoms with Crippen LogP contribution in [0.5, 0.6) is 0 Å². The highest BCUT2D eigenvalue weighted by molar-refractivity contribution is 8.03. The van der Waals surface area contributed by atoms with E-state index < -0.39 is 5.92 Å². The number of rotatable bonds is 7. The van der Waals surface area contributed by atoms with Gasteiger partial charge in [0.1, 0.15) is 5.76 Å². The van der Waals surface area contributed by atoms with Crippen LogP contribution in [0.4, 0.5) is 11.4 Å². The minimum atomic E-state index is -0.729. The summed E-state index contributed by atoms with van der Waals surface area (Å²) in [5, 5.41) is 20.2. The van der Waals surface area contributed by atoms with Crippen molar-refractivity contribution < 1.29 is 14.0 Å². The number of anilines is 2. The molecule has 0 fully saturated rings. The van der Waals surface area contributed by atoms with E-state index in [2.05, 4.69) is 22.0 Å². The number of hydrogen-bond donors (Lipinski definition) is 3. The van der Waals surface area contributed by atoms with Crippen molar-refractivity contribution in [3.63, 3.8) is 0 Å². The third-order valence-electron chi connectivity index (χ3n) is 5.92. The summed E-state index contributed by atoms with van der Waals surface area (Å²) in [6, 6.07) is 18.3. The fourth-order valence-electron chi connectivity index (χ4n) is 4.13. The third-order valence-corrected chi connectivity index (χ3v) is 7.18. The number of aryl methyl sites for hydroxylation is 2. The Balaban J connectivity index is 1.60. The van der Waals surface area contributed by atoms with Crippen LogP contribution in [0.25, 0.3) is 0 Å². The number of benzene rings is 2. The van der Waals surface area contributed by atoms with Gasteiger partial charge in [-0.05, 0) is 68.3 Å². The number of thioether (sulfide) groups is 1. The molecule has 188 valence electrons. The van der Waals surface area contributed by atoms with Crippen molar-refractivity contribution in [2.75, 3.05) is 16.4 Å². The molecule has 4 rings (SSSR count). The Bertz CT molecular complexity index is 1420. The van der Waals surface area contributed by atoms with Gasteiger partial charge in [0.25, 0.3) is 5.91 Å². The molecule has 3 N–H and O–H groups in total. The van der Waals surface area contributed by atoms with Crippen molar-refractivity contribution in [3.8, 4) is 6.07 Å². The van der Waals surface area contributed by atoms with E-state index in [0.717, 1.165) is 16.8 Å². The molecule has 0 aliphatic carbocycles. The first-order valence-electron chi connectivity index (χ1n) is 11.5. The van der Waals surface area contributed by atoms with Crippen LogP contribution < -0.4 is 16.0 Å². The molecule has 37 heavy (non-hydrogen) atoms. The first-order valence-corrected chi connectivity index (χ1v) is 12.9. The van der Waals surface area contributed by atoms with Gasteiger partial charge in [-0.2, -0.15) is 5.26 Å². The van der Waals surface area contributed by atoms with Crippen LogP contribution in [0.3, 0.4) is 0 Å². The number of nitriles is 1. The van der Waals surface area contributed by atoms with E-state index in [0.29, 0.717) is 38.3 Å². The Labute approximate surface area is 224 Å². The van der Waals surface area contributed by atoms with E-state index in [1.807, 2.05) is 32.0 Å². The van der Waals surface area contributed by atoms with Crippen LogP contribution in [0.15, 0.2) is 87.1 Å². The monoisotopic (exact) mass is 532 g/mol. The average molecular weight is 533 g/mol. The molecule has 9 heteroatoms. The van der Waals surface area contributed by atoms with Gasteiger partial charge in [-0.3, -0.25) is 9.59 Å². The molecular weight excluding hydrogens is 508 g/mol. The third kappa shape index (κ3) is 5.91. The first kappa shape index (κ1) is 26.1. The molecule has 1 aliphatic heterocycles. The Morgan fingerprint density at radius 2 is 1.76 bits per heavy atom. The molecule has 7 nitrogen and oxygen atoms in total. The number of amides is 2. The quantitative estimate of drug-likeness (QED) is 0.331. The molecule has 0 bridgehead atoms. The summed E-state index contributed by atoms with van der Waals surface area (Å²) in [7, 11) is 0. The number of furan rings is 1. The molecule has 2 amide bonds. The summed E-state index contributed by atoms with van der Waals surface area (Å²) in [5.41, 5.74) is 4.47. The lowest BCUT2D eigenvalue weighted by Crippen LogP contribution is -2.31. The lowest BCUT2D eigenvalue weighted by Gasteiger charge is -2.28. The molecule has 2 heterocycles. The molecule has 3 aromatic rings. The summed E-state index contributed by atoms with van der Waals surface area (Å²) in [6.07, 6.45) is 1.51. The standard InChI is InChI=1S/C28H25ClN4O3S/c1-16-6-4-7-17(2)26(16)33-27(35)24-18(3)31-28(21(14-30)25(24)22-8-5-13-36-22)37-15-23(34)32-20-11-9-19(29)10-12-20/h4-13,25,31H,15H2,1-3H3,(H,32,34)(H,33,35)/t25-/m0/s1. The fraction of sp³-hybridized carbons (Fsp3) is 0.179. The maximum Gasteiger partial charge on any atom is 0.254 e. The van der Waals surface area contributed by atoms with Gasteiger partial charge in [0, 0.05) is 22.1 Å². The first-order chi connectivity index (χ1) is 17.8. The highest BCUT2D eigenvalue weighted by Gasteiger charge is 2.36. The van der Waals surface area contributed by atoms with Gasteiger partial charge in [-0.25, -0.2) is 0 Å². The molecule has 0 saturated heterocycles. The SMILES string of the molecule is CC1=C(C(=O)Nc2c(C)cccc2C)[C@H](c2ccco2)C(C#N)=C(SCC(=O)Nc2ccc(Cl)cc2)N1. The molecule has 0 unspecified atom stereocenters. The second-order valence-electron chi connectivity index (χ2n) is 8.53. The Kier molecular flexibility index (Phi) is 8.07. The average Bonchev–Trinajstić information content (AvgIpc) is 3.40. The maximum atomic E-state index is 13.6. The van der Waals surface area contributed by atoms with Crippen molar-refractivity contribution in [2.45, 2.75) is 26.7 Å². The normalized spacial score (nSPS) is 15.2. The summed E-state index contributed by atoms with van der Waals surface area (Å²) >= 11 is 7.09. The zero-order chi connectivity index (χ0) is 26.5. The lowest BCUT2D eigenvalue weighted by atomic mass is 9.85. The van der Waals surface area contributed by atoms with Crippen LogP contribution in [0.2, 0.25) is 5.02 Å². The zero-order valence-electron chi connectivity index (χ0n) is 20.5. The number of para-hydroxylation sites is 1. The van der Waals surface area contributed by atoms with E-state index >= 15 is 0 Å². The molecular formula is C28H25ClN4O3S. The summed E-state index contributed by atoms with van der Waals surface area (Å²) in [6.45, 7) is 5.63. The number of nitrogens with one attached hydrogen (secondary N) is 3. The number of allylic oxidation sites excluding steroid dienone is 2. The minimum absolute atomic E-state index is 0.0538. The predicted octanol–water partition coefficient (Wildman–Crippen LogP) is 6.26. The van der Waals surface area contributed by atoms with E-state index in [-0.39, 0.29) is 17.6 Å². The van der Waals surface area contributed by atoms with Gasteiger partial charge >= 0.3 is 0 Å². The smallest absolute Gasteiger partial charge is 0.254 e. The fourth-order valence-corrected chi connectivity index (χ4v) is 5.15. The second kappa shape index (κ2) is 11.4. The van der Waals surface area contributed by atoms with Crippen LogP contribution in [-0.4, -0.2) is 17.6 Å². The predicted molar refractivity (Wildman–Crippen MR) is 147 cm³/mol. The number of carbonyl (C=O) groups excluding carboxylic acids is 2. The van der Waals surface area contributed by atoms with Gasteiger partial charge in [0.2, 0.25) is 5.91 Å². The Hall–Kier alpha value is -3.93. The van der Waals surface area contributed by atoms with Gasteiger partial charge < -0.3 is 20.4 Å². The van der Waals surface area contributed by atoms with Gasteiger partial charge in [0.05, 0.1) is 40.2 Å². The van der Waals surface area contributed by atoms with Crippen LogP contribution in [0.1, 0.15) is 29.7 Å². The van der Waals surface area contributed by atoms with Crippen molar-refractivity contribution in [2.24, 2.45) is 0 Å². The number of halogens is 1. The van der Waals surface area contributed by atoms with Crippen molar-refractivity contribution in [1.29, 1.82) is 5.26 Å². The number of dihydropyridines is 1. The van der Waals surface area contributed by atoms with E-state index in [4.69, 9.17) is 16.0 Å². The molecule has 1 atom stereocenters. The van der Waals surface area contributed by atoms with E-state index in [1.54, 1.807) is 43.3 Å². The summed E-state index contributed by atoms with van der Waals surface area (Å²) < 4.78 is 5.67. The van der Waals surface area contributed by atoms with Crippen LogP contribution in [0, 0.1) is 25.2 Å². The summed E-state index contributed by atoms with van der Waals surface area (Å²) in [5.74, 6) is -0.784. The molecule has 1 aliphatic rings. The minimum Gasteiger partial charge on any atom is -0.468 e. The largest absolute Gasteiger partial charge is 0.468 e. The number of nitrogens with zero attached hydrogens (tertiary/aromatic N) is 1. The topological polar surface area (TPSA) is 107 Å². The van der Waals surface area contributed by atoms with Crippen LogP contribution >= 0.6 is 23.4 Å². The van der Waals surface area contributed by atoms with Gasteiger partial charge in [-0.15, -0.1) is 0 Å². The maximum absolute atomic E-state index is 13.6. The van der Waals surface area contributed by atoms with E-state index in [1.165, 1.54) is 18.0 Å². The number of hydrogen-bond acceptors (Lipinski definition) is 6. The molecule has 0 spiro atoms. The van der Waals surface area contributed by atoms with Crippen LogP contribution in [-0.2, 0) is 9.59 Å². The van der Waals surface area contributed by atoms with E-state index in [9.17, 15) is 14.9 Å². The highest BCUT2D eigenvalue weighted by atomic mass is 35.5. The van der Waals surface area contributed by atoms with Gasteiger partial charge in [-0.1, -0.05) is 41.6 Å². The molecule has 2 aromatic carbocycles. The van der Waals surface area contributed by atoms with Crippen molar-refractivity contribution in [3.05, 3.63) is 105 Å². The Morgan fingerprint density at radius 1 is 1.05 bits per heavy atom. The van der Waals surface area contributed by atoms with Crippen molar-refractivity contribution >= 4 is 46.6 Å². The Morgan fingerprint density at radius 3 is 2.38 bits per heavy atom. The van der Waals surface area contributed by atoms with Gasteiger partial charge in [0.15, 0.2) is 0 Å². The number of carbonyl (C=O) groups is 2. The summed E-state index contributed by atoms with van der Waals surface area (Å²) in [4.78, 5) is 26.2. The molecule has 0 radical (unpaired) electrons. The van der Waals surface area contributed by atoms with Crippen molar-refractivity contribution in [1.82, 2.24) is 5.32 Å². The molecule has 1 aromatic heterocycles.